The van der Waals surface area contributed by atoms with Crippen molar-refractivity contribution in [1.29, 1.82) is 0 Å². The quantitative estimate of drug-likeness (QED) is 0.331. The molecule has 0 spiro atoms. The summed E-state index contributed by atoms with van der Waals surface area (Å²) in [6.07, 6.45) is 1.25. The molecule has 0 aliphatic carbocycles. The summed E-state index contributed by atoms with van der Waals surface area (Å²) in [5.41, 5.74) is 2.67. The predicted octanol–water partition coefficient (Wildman–Crippen LogP) is 3.86. The summed E-state index contributed by atoms with van der Waals surface area (Å²) in [6.45, 7) is 3.58. The number of carbonyl (C=O) groups is 2. The molecule has 0 saturated carbocycles. The van der Waals surface area contributed by atoms with Crippen LogP contribution in [0.1, 0.15) is 33.3 Å². The number of ether oxygens (including phenoxy) is 2. The van der Waals surface area contributed by atoms with Gasteiger partial charge in [-0.15, -0.1) is 11.3 Å². The Bertz CT molecular complexity index is 1140. The Labute approximate surface area is 181 Å². The molecule has 2 heterocycles. The number of aryl methyl sites for hydroxylation is 1. The lowest BCUT2D eigenvalue weighted by Crippen LogP contribution is -2.16. The molecule has 0 bridgehead atoms. The number of thiazole rings is 1. The van der Waals surface area contributed by atoms with Gasteiger partial charge in [-0.2, -0.15) is 0 Å². The topological polar surface area (TPSA) is 134 Å². The standard InChI is InChI=1S/C20H18N4O6S/c1-4-30-17-14(19(25)23-16-6-5-12(9-21-16)20(26)29-3)7-13(8-15(17)24(27)28)18-11(2)22-10-31-18/h5-10H,4H2,1-3H3,(H,21,23,25). The number of esters is 1. The Morgan fingerprint density at radius 2 is 2.03 bits per heavy atom. The number of amides is 1. The van der Waals surface area contributed by atoms with Crippen molar-refractivity contribution in [2.45, 2.75) is 13.8 Å². The van der Waals surface area contributed by atoms with Gasteiger partial charge in [-0.1, -0.05) is 0 Å². The van der Waals surface area contributed by atoms with Gasteiger partial charge >= 0.3 is 11.7 Å². The van der Waals surface area contributed by atoms with E-state index in [1.54, 1.807) is 19.4 Å². The SMILES string of the molecule is CCOc1c(C(=O)Nc2ccc(C(=O)OC)cn2)cc(-c2scnc2C)cc1[N+](=O)[O-]. The summed E-state index contributed by atoms with van der Waals surface area (Å²) in [6, 6.07) is 5.76. The van der Waals surface area contributed by atoms with Gasteiger partial charge in [0.25, 0.3) is 5.91 Å². The van der Waals surface area contributed by atoms with Gasteiger partial charge in [-0.25, -0.2) is 14.8 Å². The highest BCUT2D eigenvalue weighted by molar-refractivity contribution is 7.13. The Morgan fingerprint density at radius 1 is 1.26 bits per heavy atom. The van der Waals surface area contributed by atoms with Gasteiger partial charge in [0.2, 0.25) is 5.75 Å². The fourth-order valence-corrected chi connectivity index (χ4v) is 3.61. The number of benzene rings is 1. The number of pyridine rings is 1. The molecule has 10 nitrogen and oxygen atoms in total. The molecular weight excluding hydrogens is 424 g/mol. The molecular formula is C20H18N4O6S. The first-order valence-electron chi connectivity index (χ1n) is 9.07. The molecule has 0 radical (unpaired) electrons. The van der Waals surface area contributed by atoms with Crippen LogP contribution in [0.15, 0.2) is 36.0 Å². The lowest BCUT2D eigenvalue weighted by molar-refractivity contribution is -0.385. The van der Waals surface area contributed by atoms with E-state index in [2.05, 4.69) is 20.0 Å². The summed E-state index contributed by atoms with van der Waals surface area (Å²) < 4.78 is 10.1. The monoisotopic (exact) mass is 442 g/mol. The number of nitro benzene ring substituents is 1. The summed E-state index contributed by atoms with van der Waals surface area (Å²) in [4.78, 5) is 44.5. The van der Waals surface area contributed by atoms with E-state index >= 15 is 0 Å². The van der Waals surface area contributed by atoms with Crippen molar-refractivity contribution in [3.05, 3.63) is 62.9 Å². The van der Waals surface area contributed by atoms with Crippen molar-refractivity contribution in [3.63, 3.8) is 0 Å². The smallest absolute Gasteiger partial charge is 0.339 e. The molecule has 1 amide bonds. The lowest BCUT2D eigenvalue weighted by Gasteiger charge is -2.13. The lowest BCUT2D eigenvalue weighted by atomic mass is 10.0. The van der Waals surface area contributed by atoms with E-state index in [9.17, 15) is 19.7 Å². The highest BCUT2D eigenvalue weighted by Crippen LogP contribution is 2.38. The number of nitrogens with one attached hydrogen (secondary N) is 1. The number of aromatic nitrogens is 2. The molecule has 0 unspecified atom stereocenters. The number of hydrogen-bond acceptors (Lipinski definition) is 9. The minimum Gasteiger partial charge on any atom is -0.487 e. The molecule has 0 aliphatic heterocycles. The van der Waals surface area contributed by atoms with Crippen LogP contribution in [-0.4, -0.2) is 40.5 Å². The maximum absolute atomic E-state index is 13.0. The summed E-state index contributed by atoms with van der Waals surface area (Å²) in [5, 5.41) is 14.3. The van der Waals surface area contributed by atoms with Crippen molar-refractivity contribution >= 4 is 34.7 Å². The van der Waals surface area contributed by atoms with Crippen LogP contribution in [0, 0.1) is 17.0 Å². The molecule has 31 heavy (non-hydrogen) atoms. The van der Waals surface area contributed by atoms with Gasteiger partial charge in [0, 0.05) is 17.8 Å². The predicted molar refractivity (Wildman–Crippen MR) is 114 cm³/mol. The Kier molecular flexibility index (Phi) is 6.55. The molecule has 3 aromatic rings. The zero-order valence-corrected chi connectivity index (χ0v) is 17.7. The summed E-state index contributed by atoms with van der Waals surface area (Å²) in [7, 11) is 1.25. The van der Waals surface area contributed by atoms with Crippen LogP contribution in [-0.2, 0) is 4.74 Å². The number of carbonyl (C=O) groups excluding carboxylic acids is 2. The van der Waals surface area contributed by atoms with Crippen LogP contribution in [0.3, 0.4) is 0 Å². The van der Waals surface area contributed by atoms with Gasteiger partial charge in [0.15, 0.2) is 0 Å². The molecule has 0 fully saturated rings. The number of methoxy groups -OCH3 is 1. The second-order valence-corrected chi connectivity index (χ2v) is 7.06. The minimum atomic E-state index is -0.645. The number of hydrogen-bond donors (Lipinski definition) is 1. The van der Waals surface area contributed by atoms with Crippen molar-refractivity contribution in [1.82, 2.24) is 9.97 Å². The molecule has 2 aromatic heterocycles. The third-order valence-electron chi connectivity index (χ3n) is 4.23. The van der Waals surface area contributed by atoms with E-state index in [0.29, 0.717) is 16.1 Å². The van der Waals surface area contributed by atoms with Crippen LogP contribution >= 0.6 is 11.3 Å². The van der Waals surface area contributed by atoms with E-state index in [1.165, 1.54) is 48.9 Å². The van der Waals surface area contributed by atoms with Crippen LogP contribution in [0.4, 0.5) is 11.5 Å². The highest BCUT2D eigenvalue weighted by atomic mass is 32.1. The molecule has 0 atom stereocenters. The summed E-state index contributed by atoms with van der Waals surface area (Å²) >= 11 is 1.31. The number of nitro groups is 1. The van der Waals surface area contributed by atoms with Crippen LogP contribution < -0.4 is 10.1 Å². The van der Waals surface area contributed by atoms with Crippen LogP contribution in [0.5, 0.6) is 5.75 Å². The minimum absolute atomic E-state index is 0.0160. The molecule has 1 N–H and O–H groups in total. The van der Waals surface area contributed by atoms with E-state index in [-0.39, 0.29) is 35.0 Å². The van der Waals surface area contributed by atoms with Crippen LogP contribution in [0.25, 0.3) is 10.4 Å². The molecule has 160 valence electrons. The van der Waals surface area contributed by atoms with Crippen molar-refractivity contribution in [2.24, 2.45) is 0 Å². The summed E-state index contributed by atoms with van der Waals surface area (Å²) in [5.74, 6) is -1.19. The van der Waals surface area contributed by atoms with Gasteiger partial charge in [0.1, 0.15) is 5.82 Å². The normalized spacial score (nSPS) is 10.4. The second kappa shape index (κ2) is 9.30. The average Bonchev–Trinajstić information content (AvgIpc) is 3.19. The average molecular weight is 442 g/mol. The molecule has 1 aromatic carbocycles. The first-order chi connectivity index (χ1) is 14.8. The van der Waals surface area contributed by atoms with Crippen LogP contribution in [0.2, 0.25) is 0 Å². The number of anilines is 1. The zero-order chi connectivity index (χ0) is 22.5. The van der Waals surface area contributed by atoms with Gasteiger partial charge in [-0.3, -0.25) is 14.9 Å². The molecule has 11 heteroatoms. The van der Waals surface area contributed by atoms with Crippen molar-refractivity contribution in [2.75, 3.05) is 19.0 Å². The van der Waals surface area contributed by atoms with E-state index in [0.717, 1.165) is 0 Å². The Balaban J connectivity index is 2.04. The van der Waals surface area contributed by atoms with Gasteiger partial charge in [0.05, 0.1) is 45.8 Å². The molecule has 3 rings (SSSR count). The second-order valence-electron chi connectivity index (χ2n) is 6.21. The maximum Gasteiger partial charge on any atom is 0.339 e. The Morgan fingerprint density at radius 3 is 2.58 bits per heavy atom. The third kappa shape index (κ3) is 4.67. The Hall–Kier alpha value is -3.86. The fraction of sp³-hybridized carbons (Fsp3) is 0.200. The number of rotatable bonds is 7. The first kappa shape index (κ1) is 21.8. The zero-order valence-electron chi connectivity index (χ0n) is 16.9. The maximum atomic E-state index is 13.0. The number of nitrogens with zero attached hydrogens (tertiary/aromatic N) is 3. The van der Waals surface area contributed by atoms with Crippen molar-refractivity contribution < 1.29 is 24.0 Å². The molecule has 0 saturated heterocycles. The van der Waals surface area contributed by atoms with E-state index in [1.807, 2.05) is 0 Å². The fourth-order valence-electron chi connectivity index (χ4n) is 2.81. The van der Waals surface area contributed by atoms with E-state index in [4.69, 9.17) is 4.74 Å². The third-order valence-corrected chi connectivity index (χ3v) is 5.21. The highest BCUT2D eigenvalue weighted by Gasteiger charge is 2.26. The van der Waals surface area contributed by atoms with E-state index < -0.39 is 16.8 Å². The van der Waals surface area contributed by atoms with Gasteiger partial charge in [-0.05, 0) is 32.0 Å². The molecule has 0 aliphatic rings. The van der Waals surface area contributed by atoms with Gasteiger partial charge < -0.3 is 14.8 Å². The van der Waals surface area contributed by atoms with Crippen molar-refractivity contribution in [3.8, 4) is 16.2 Å². The first-order valence-corrected chi connectivity index (χ1v) is 9.95. The largest absolute Gasteiger partial charge is 0.487 e.